The summed E-state index contributed by atoms with van der Waals surface area (Å²) < 4.78 is 31.6. The van der Waals surface area contributed by atoms with Crippen molar-refractivity contribution in [2.75, 3.05) is 51.2 Å². The number of thiazole rings is 1. The van der Waals surface area contributed by atoms with Gasteiger partial charge in [-0.1, -0.05) is 17.4 Å². The summed E-state index contributed by atoms with van der Waals surface area (Å²) in [6, 6.07) is 12.2. The molecule has 10 heteroatoms. The van der Waals surface area contributed by atoms with E-state index in [1.807, 2.05) is 43.5 Å². The first-order valence-corrected chi connectivity index (χ1v) is 13.7. The number of fused-ring (bicyclic) bond motifs is 1. The van der Waals surface area contributed by atoms with Crippen molar-refractivity contribution in [1.29, 1.82) is 0 Å². The first kappa shape index (κ1) is 24.5. The molecule has 3 rings (SSSR count). The molecule has 3 aromatic rings. The molecule has 0 saturated carbocycles. The second-order valence-electron chi connectivity index (χ2n) is 7.40. The zero-order chi connectivity index (χ0) is 23.3. The number of benzene rings is 2. The predicted octanol–water partition coefficient (Wildman–Crippen LogP) is 3.79. The number of rotatable bonds is 10. The van der Waals surface area contributed by atoms with E-state index in [2.05, 4.69) is 0 Å². The van der Waals surface area contributed by atoms with Gasteiger partial charge in [-0.2, -0.15) is 0 Å². The van der Waals surface area contributed by atoms with Gasteiger partial charge in [0, 0.05) is 24.4 Å². The second-order valence-corrected chi connectivity index (χ2v) is 11.4. The molecule has 0 aliphatic carbocycles. The van der Waals surface area contributed by atoms with Gasteiger partial charge in [-0.3, -0.25) is 9.69 Å². The van der Waals surface area contributed by atoms with Gasteiger partial charge in [-0.25, -0.2) is 13.4 Å². The van der Waals surface area contributed by atoms with E-state index in [-0.39, 0.29) is 23.0 Å². The lowest BCUT2D eigenvalue weighted by Gasteiger charge is -2.22. The maximum Gasteiger partial charge on any atom is 0.229 e. The fraction of sp³-hybridized carbons (Fsp3) is 0.364. The molecule has 0 unspecified atom stereocenters. The average molecular weight is 494 g/mol. The van der Waals surface area contributed by atoms with Gasteiger partial charge in [0.05, 0.1) is 28.0 Å². The maximum atomic E-state index is 13.2. The third-order valence-corrected chi connectivity index (χ3v) is 8.44. The van der Waals surface area contributed by atoms with E-state index in [1.165, 1.54) is 30.6 Å². The van der Waals surface area contributed by atoms with Crippen LogP contribution < -0.4 is 9.64 Å². The van der Waals surface area contributed by atoms with E-state index in [4.69, 9.17) is 9.72 Å². The number of anilines is 1. The van der Waals surface area contributed by atoms with Crippen LogP contribution in [0.15, 0.2) is 52.3 Å². The summed E-state index contributed by atoms with van der Waals surface area (Å²) in [5, 5.41) is 0.593. The van der Waals surface area contributed by atoms with Crippen LogP contribution in [0, 0.1) is 0 Å². The summed E-state index contributed by atoms with van der Waals surface area (Å²) in [4.78, 5) is 22.7. The SMILES string of the molecule is COc1ccc(S(=O)(=O)CCC(=O)N(CCN(C)C)c2nc3c(SC)cccc3s2)cc1. The molecule has 1 heterocycles. The summed E-state index contributed by atoms with van der Waals surface area (Å²) in [7, 11) is 1.79. The molecule has 0 saturated heterocycles. The molecule has 172 valence electrons. The Kier molecular flexibility index (Phi) is 8.16. The Labute approximate surface area is 197 Å². The van der Waals surface area contributed by atoms with Crippen molar-refractivity contribution in [3.8, 4) is 5.75 Å². The number of aromatic nitrogens is 1. The smallest absolute Gasteiger partial charge is 0.229 e. The summed E-state index contributed by atoms with van der Waals surface area (Å²) in [6.07, 6.45) is 1.87. The quantitative estimate of drug-likeness (QED) is 0.398. The van der Waals surface area contributed by atoms with Crippen molar-refractivity contribution in [3.63, 3.8) is 0 Å². The van der Waals surface area contributed by atoms with Gasteiger partial charge in [0.15, 0.2) is 15.0 Å². The van der Waals surface area contributed by atoms with Gasteiger partial charge in [-0.05, 0) is 56.7 Å². The van der Waals surface area contributed by atoms with Crippen LogP contribution >= 0.6 is 23.1 Å². The van der Waals surface area contributed by atoms with E-state index in [0.29, 0.717) is 24.0 Å². The number of amides is 1. The van der Waals surface area contributed by atoms with E-state index in [9.17, 15) is 13.2 Å². The lowest BCUT2D eigenvalue weighted by Crippen LogP contribution is -2.37. The molecule has 0 radical (unpaired) electrons. The Hall–Kier alpha value is -2.14. The number of para-hydroxylation sites is 1. The molecule has 2 aromatic carbocycles. The molecule has 0 aliphatic heterocycles. The molecule has 0 aliphatic rings. The molecule has 1 amide bonds. The highest BCUT2D eigenvalue weighted by molar-refractivity contribution is 7.98. The highest BCUT2D eigenvalue weighted by Gasteiger charge is 2.24. The molecule has 32 heavy (non-hydrogen) atoms. The van der Waals surface area contributed by atoms with Crippen molar-refractivity contribution in [2.45, 2.75) is 16.2 Å². The standard InChI is InChI=1S/C22H27N3O4S3/c1-24(2)13-14-25(22-23-21-18(30-4)6-5-7-19(21)31-22)20(26)12-15-32(27,28)17-10-8-16(29-3)9-11-17/h5-11H,12-15H2,1-4H3. The molecular weight excluding hydrogens is 466 g/mol. The minimum Gasteiger partial charge on any atom is -0.497 e. The Morgan fingerprint density at radius 3 is 2.47 bits per heavy atom. The van der Waals surface area contributed by atoms with Gasteiger partial charge >= 0.3 is 0 Å². The van der Waals surface area contributed by atoms with E-state index < -0.39 is 9.84 Å². The van der Waals surface area contributed by atoms with Gasteiger partial charge < -0.3 is 9.64 Å². The van der Waals surface area contributed by atoms with Gasteiger partial charge in [0.25, 0.3) is 0 Å². The number of likely N-dealkylation sites (N-methyl/N-ethyl adjacent to an activating group) is 1. The molecule has 0 spiro atoms. The van der Waals surface area contributed by atoms with Gasteiger partial charge in [-0.15, -0.1) is 11.8 Å². The third kappa shape index (κ3) is 5.80. The van der Waals surface area contributed by atoms with Crippen molar-refractivity contribution >= 4 is 54.2 Å². The van der Waals surface area contributed by atoms with Crippen LogP contribution in [0.25, 0.3) is 10.2 Å². The van der Waals surface area contributed by atoms with Crippen LogP contribution in [-0.4, -0.2) is 70.5 Å². The zero-order valence-electron chi connectivity index (χ0n) is 18.6. The summed E-state index contributed by atoms with van der Waals surface area (Å²) >= 11 is 3.06. The Bertz CT molecular complexity index is 1170. The molecular formula is C22H27N3O4S3. The van der Waals surface area contributed by atoms with E-state index in [0.717, 1.165) is 15.1 Å². The molecule has 0 atom stereocenters. The minimum atomic E-state index is -3.60. The third-order valence-electron chi connectivity index (χ3n) is 4.90. The number of carbonyl (C=O) groups excluding carboxylic acids is 1. The van der Waals surface area contributed by atoms with Gasteiger partial charge in [0.1, 0.15) is 5.75 Å². The fourth-order valence-corrected chi connectivity index (χ4v) is 5.97. The molecule has 0 N–H and O–H groups in total. The van der Waals surface area contributed by atoms with Crippen molar-refractivity contribution in [3.05, 3.63) is 42.5 Å². The lowest BCUT2D eigenvalue weighted by atomic mass is 10.3. The van der Waals surface area contributed by atoms with Crippen LogP contribution in [0.5, 0.6) is 5.75 Å². The number of ether oxygens (including phenoxy) is 1. The molecule has 7 nitrogen and oxygen atoms in total. The summed E-state index contributed by atoms with van der Waals surface area (Å²) in [5.41, 5.74) is 0.869. The largest absolute Gasteiger partial charge is 0.497 e. The van der Waals surface area contributed by atoms with Crippen LogP contribution in [0.4, 0.5) is 5.13 Å². The monoisotopic (exact) mass is 493 g/mol. The Balaban J connectivity index is 1.81. The maximum absolute atomic E-state index is 13.2. The van der Waals surface area contributed by atoms with E-state index in [1.54, 1.807) is 28.8 Å². The predicted molar refractivity (Wildman–Crippen MR) is 132 cm³/mol. The Morgan fingerprint density at radius 1 is 1.12 bits per heavy atom. The molecule has 0 fully saturated rings. The first-order valence-electron chi connectivity index (χ1n) is 10.0. The number of hydrogen-bond acceptors (Lipinski definition) is 8. The Morgan fingerprint density at radius 2 is 1.84 bits per heavy atom. The lowest BCUT2D eigenvalue weighted by molar-refractivity contribution is -0.118. The topological polar surface area (TPSA) is 79.8 Å². The van der Waals surface area contributed by atoms with Crippen LogP contribution in [0.1, 0.15) is 6.42 Å². The number of methoxy groups -OCH3 is 1. The fourth-order valence-electron chi connectivity index (χ4n) is 3.08. The number of thioether (sulfide) groups is 1. The molecule has 1 aromatic heterocycles. The average Bonchev–Trinajstić information content (AvgIpc) is 3.21. The summed E-state index contributed by atoms with van der Waals surface area (Å²) in [5.74, 6) is 0.0569. The number of carbonyl (C=O) groups is 1. The van der Waals surface area contributed by atoms with Crippen LogP contribution in [0.2, 0.25) is 0 Å². The highest BCUT2D eigenvalue weighted by atomic mass is 32.2. The first-order chi connectivity index (χ1) is 15.2. The molecule has 0 bridgehead atoms. The van der Waals surface area contributed by atoms with Crippen molar-refractivity contribution in [2.24, 2.45) is 0 Å². The number of nitrogens with zero attached hydrogens (tertiary/aromatic N) is 3. The zero-order valence-corrected chi connectivity index (χ0v) is 21.0. The summed E-state index contributed by atoms with van der Waals surface area (Å²) in [6.45, 7) is 1.07. The van der Waals surface area contributed by atoms with Crippen molar-refractivity contribution in [1.82, 2.24) is 9.88 Å². The minimum absolute atomic E-state index is 0.118. The highest BCUT2D eigenvalue weighted by Crippen LogP contribution is 2.34. The van der Waals surface area contributed by atoms with Crippen LogP contribution in [0.3, 0.4) is 0 Å². The number of sulfone groups is 1. The van der Waals surface area contributed by atoms with E-state index >= 15 is 0 Å². The van der Waals surface area contributed by atoms with Crippen LogP contribution in [-0.2, 0) is 14.6 Å². The number of hydrogen-bond donors (Lipinski definition) is 0. The van der Waals surface area contributed by atoms with Gasteiger partial charge in [0.2, 0.25) is 5.91 Å². The van der Waals surface area contributed by atoms with Crippen molar-refractivity contribution < 1.29 is 17.9 Å². The second kappa shape index (κ2) is 10.7. The normalized spacial score (nSPS) is 11.8.